The lowest BCUT2D eigenvalue weighted by Crippen LogP contribution is -2.44. The van der Waals surface area contributed by atoms with E-state index in [0.717, 1.165) is 12.1 Å². The first-order valence-electron chi connectivity index (χ1n) is 5.84. The molecule has 0 aliphatic carbocycles. The van der Waals surface area contributed by atoms with Crippen LogP contribution in [0.3, 0.4) is 0 Å². The van der Waals surface area contributed by atoms with Gasteiger partial charge in [0.2, 0.25) is 10.9 Å². The van der Waals surface area contributed by atoms with E-state index in [1.165, 1.54) is 7.11 Å². The van der Waals surface area contributed by atoms with Crippen LogP contribution in [0, 0.1) is 0 Å². The number of sulfonamides is 1. The quantitative estimate of drug-likeness (QED) is 0.763. The van der Waals surface area contributed by atoms with Crippen molar-refractivity contribution in [3.63, 3.8) is 0 Å². The Morgan fingerprint density at radius 2 is 2.30 bits per heavy atom. The van der Waals surface area contributed by atoms with Crippen LogP contribution in [0.5, 0.6) is 0 Å². The van der Waals surface area contributed by atoms with Crippen molar-refractivity contribution in [3.8, 4) is 0 Å². The molecule has 1 atom stereocenters. The van der Waals surface area contributed by atoms with Gasteiger partial charge < -0.3 is 19.0 Å². The van der Waals surface area contributed by atoms with Crippen molar-refractivity contribution in [2.75, 3.05) is 26.9 Å². The Bertz CT molecular complexity index is 586. The number of hydrogen-bond acceptors (Lipinski definition) is 6. The van der Waals surface area contributed by atoms with E-state index in [0.29, 0.717) is 19.6 Å². The van der Waals surface area contributed by atoms with E-state index in [2.05, 4.69) is 4.72 Å². The first-order chi connectivity index (χ1) is 9.38. The largest absolute Gasteiger partial charge is 0.475 e. The number of furan rings is 1. The summed E-state index contributed by atoms with van der Waals surface area (Å²) in [6.45, 7) is 0.818. The maximum atomic E-state index is 12.0. The molecule has 2 heterocycles. The van der Waals surface area contributed by atoms with Gasteiger partial charge in [-0.25, -0.2) is 17.9 Å². The van der Waals surface area contributed by atoms with Gasteiger partial charge in [-0.1, -0.05) is 0 Å². The van der Waals surface area contributed by atoms with Crippen molar-refractivity contribution in [3.05, 3.63) is 17.9 Å². The molecule has 1 fully saturated rings. The van der Waals surface area contributed by atoms with Crippen molar-refractivity contribution in [2.24, 2.45) is 0 Å². The lowest BCUT2D eigenvalue weighted by atomic mass is 10.0. The summed E-state index contributed by atoms with van der Waals surface area (Å²) >= 11 is 0. The summed E-state index contributed by atoms with van der Waals surface area (Å²) in [4.78, 5) is 10.7. The van der Waals surface area contributed by atoms with Crippen molar-refractivity contribution in [1.82, 2.24) is 4.72 Å². The zero-order valence-corrected chi connectivity index (χ0v) is 11.6. The minimum Gasteiger partial charge on any atom is -0.475 e. The van der Waals surface area contributed by atoms with Crippen LogP contribution in [0.15, 0.2) is 21.6 Å². The molecule has 1 aliphatic heterocycles. The number of carbonyl (C=O) groups is 1. The van der Waals surface area contributed by atoms with Crippen molar-refractivity contribution in [1.29, 1.82) is 0 Å². The van der Waals surface area contributed by atoms with E-state index in [4.69, 9.17) is 19.0 Å². The van der Waals surface area contributed by atoms with Gasteiger partial charge in [0.1, 0.15) is 5.60 Å². The van der Waals surface area contributed by atoms with E-state index in [1.54, 1.807) is 0 Å². The first kappa shape index (κ1) is 15.0. The normalized spacial score (nSPS) is 23.1. The second-order valence-electron chi connectivity index (χ2n) is 4.44. The fourth-order valence-electron chi connectivity index (χ4n) is 1.84. The lowest BCUT2D eigenvalue weighted by molar-refractivity contribution is -0.0121. The van der Waals surface area contributed by atoms with Crippen LogP contribution in [0.2, 0.25) is 0 Å². The lowest BCUT2D eigenvalue weighted by Gasteiger charge is -2.25. The third-order valence-corrected chi connectivity index (χ3v) is 4.41. The number of ether oxygens (including phenoxy) is 2. The maximum absolute atomic E-state index is 12.0. The molecule has 20 heavy (non-hydrogen) atoms. The summed E-state index contributed by atoms with van der Waals surface area (Å²) < 4.78 is 41.6. The number of rotatable bonds is 6. The van der Waals surface area contributed by atoms with E-state index >= 15 is 0 Å². The van der Waals surface area contributed by atoms with Crippen molar-refractivity contribution >= 4 is 16.0 Å². The molecule has 0 spiro atoms. The van der Waals surface area contributed by atoms with Crippen LogP contribution in [-0.4, -0.2) is 52.0 Å². The molecular formula is C11H15NO7S. The molecule has 0 radical (unpaired) electrons. The summed E-state index contributed by atoms with van der Waals surface area (Å²) in [6, 6.07) is 2.18. The molecule has 1 aromatic rings. The van der Waals surface area contributed by atoms with Gasteiger partial charge in [-0.15, -0.1) is 0 Å². The average Bonchev–Trinajstić information content (AvgIpc) is 3.07. The summed E-state index contributed by atoms with van der Waals surface area (Å²) in [7, 11) is -2.44. The smallest absolute Gasteiger partial charge is 0.371 e. The van der Waals surface area contributed by atoms with Crippen LogP contribution >= 0.6 is 0 Å². The monoisotopic (exact) mass is 305 g/mol. The molecule has 0 bridgehead atoms. The maximum Gasteiger partial charge on any atom is 0.371 e. The number of carboxylic acids is 1. The molecule has 0 amide bonds. The molecular weight excluding hydrogens is 290 g/mol. The van der Waals surface area contributed by atoms with E-state index < -0.39 is 32.4 Å². The molecule has 2 N–H and O–H groups in total. The third kappa shape index (κ3) is 3.01. The highest BCUT2D eigenvalue weighted by Gasteiger charge is 2.36. The van der Waals surface area contributed by atoms with E-state index in [-0.39, 0.29) is 6.54 Å². The Hall–Kier alpha value is -1.42. The number of carboxylic acid groups (broad SMARTS) is 1. The van der Waals surface area contributed by atoms with Gasteiger partial charge in [0.05, 0.1) is 6.61 Å². The van der Waals surface area contributed by atoms with Gasteiger partial charge in [-0.05, 0) is 12.1 Å². The van der Waals surface area contributed by atoms with E-state index in [1.807, 2.05) is 0 Å². The zero-order valence-electron chi connectivity index (χ0n) is 10.8. The topological polar surface area (TPSA) is 115 Å². The standard InChI is InChI=1S/C11H15NO7S/c1-17-11(4-5-18-7-11)6-12-20(15,16)9-3-2-8(19-9)10(13)14/h2-3,12H,4-7H2,1H3,(H,13,14). The van der Waals surface area contributed by atoms with Gasteiger partial charge in [0.25, 0.3) is 10.0 Å². The highest BCUT2D eigenvalue weighted by atomic mass is 32.2. The summed E-state index contributed by atoms with van der Waals surface area (Å²) in [6.07, 6.45) is 0.574. The Morgan fingerprint density at radius 1 is 1.55 bits per heavy atom. The predicted octanol–water partition coefficient (Wildman–Crippen LogP) is 0.0616. The fourth-order valence-corrected chi connectivity index (χ4v) is 2.88. The van der Waals surface area contributed by atoms with Gasteiger partial charge in [0.15, 0.2) is 0 Å². The van der Waals surface area contributed by atoms with Crippen molar-refractivity contribution < 1.29 is 32.2 Å². The Labute approximate surface area is 115 Å². The Morgan fingerprint density at radius 3 is 2.80 bits per heavy atom. The molecule has 2 rings (SSSR count). The van der Waals surface area contributed by atoms with Crippen LogP contribution in [-0.2, 0) is 19.5 Å². The Kier molecular flexibility index (Phi) is 4.14. The SMILES string of the molecule is COC1(CNS(=O)(=O)c2ccc(C(=O)O)o2)CCOC1. The van der Waals surface area contributed by atoms with Crippen LogP contribution in [0.25, 0.3) is 0 Å². The minimum atomic E-state index is -3.92. The highest BCUT2D eigenvalue weighted by Crippen LogP contribution is 2.22. The number of nitrogens with one attached hydrogen (secondary N) is 1. The minimum absolute atomic E-state index is 0.0228. The van der Waals surface area contributed by atoms with Crippen LogP contribution in [0.4, 0.5) is 0 Å². The third-order valence-electron chi connectivity index (χ3n) is 3.14. The number of methoxy groups -OCH3 is 1. The highest BCUT2D eigenvalue weighted by molar-refractivity contribution is 7.89. The summed E-state index contributed by atoms with van der Waals surface area (Å²) in [5, 5.41) is 8.26. The van der Waals surface area contributed by atoms with Gasteiger partial charge >= 0.3 is 5.97 Å². The second kappa shape index (κ2) is 5.52. The van der Waals surface area contributed by atoms with Gasteiger partial charge in [-0.2, -0.15) is 0 Å². The fraction of sp³-hybridized carbons (Fsp3) is 0.545. The summed E-state index contributed by atoms with van der Waals surface area (Å²) in [5.41, 5.74) is -0.699. The Balaban J connectivity index is 2.08. The number of aromatic carboxylic acids is 1. The molecule has 8 nitrogen and oxygen atoms in total. The predicted molar refractivity (Wildman–Crippen MR) is 66.0 cm³/mol. The second-order valence-corrected chi connectivity index (χ2v) is 6.14. The molecule has 1 aromatic heterocycles. The van der Waals surface area contributed by atoms with E-state index in [9.17, 15) is 13.2 Å². The molecule has 0 saturated carbocycles. The molecule has 112 valence electrons. The zero-order chi connectivity index (χ0) is 14.8. The number of hydrogen-bond donors (Lipinski definition) is 2. The van der Waals surface area contributed by atoms with Gasteiger partial charge in [-0.3, -0.25) is 0 Å². The average molecular weight is 305 g/mol. The summed E-state index contributed by atoms with van der Waals surface area (Å²) in [5.74, 6) is -1.76. The molecule has 9 heteroatoms. The van der Waals surface area contributed by atoms with Crippen LogP contribution in [0.1, 0.15) is 17.0 Å². The van der Waals surface area contributed by atoms with Gasteiger partial charge in [0, 0.05) is 26.7 Å². The molecule has 0 aromatic carbocycles. The molecule has 1 saturated heterocycles. The first-order valence-corrected chi connectivity index (χ1v) is 7.33. The van der Waals surface area contributed by atoms with Crippen molar-refractivity contribution in [2.45, 2.75) is 17.1 Å². The molecule has 1 unspecified atom stereocenters. The molecule has 1 aliphatic rings. The van der Waals surface area contributed by atoms with Crippen LogP contribution < -0.4 is 4.72 Å².